The third-order valence-electron chi connectivity index (χ3n) is 3.39. The SMILES string of the molecule is Cc1nc(Cn2ccc3ccc(CC(C)N)cc32)cs1. The summed E-state index contributed by atoms with van der Waals surface area (Å²) in [4.78, 5) is 4.54. The molecule has 3 nitrogen and oxygen atoms in total. The molecule has 1 unspecified atom stereocenters. The molecule has 0 saturated heterocycles. The monoisotopic (exact) mass is 285 g/mol. The number of nitrogens with zero attached hydrogens (tertiary/aromatic N) is 2. The van der Waals surface area contributed by atoms with E-state index in [-0.39, 0.29) is 6.04 Å². The van der Waals surface area contributed by atoms with Crippen molar-refractivity contribution >= 4 is 22.2 Å². The number of rotatable bonds is 4. The lowest BCUT2D eigenvalue weighted by atomic mass is 10.1. The van der Waals surface area contributed by atoms with Crippen molar-refractivity contribution in [3.63, 3.8) is 0 Å². The molecule has 0 fully saturated rings. The molecule has 2 N–H and O–H groups in total. The Balaban J connectivity index is 1.94. The maximum absolute atomic E-state index is 5.89. The van der Waals surface area contributed by atoms with Crippen LogP contribution in [-0.2, 0) is 13.0 Å². The number of benzene rings is 1. The maximum atomic E-state index is 5.89. The Labute approximate surface area is 123 Å². The lowest BCUT2D eigenvalue weighted by Gasteiger charge is -2.07. The minimum absolute atomic E-state index is 0.192. The fourth-order valence-corrected chi connectivity index (χ4v) is 3.13. The van der Waals surface area contributed by atoms with E-state index in [1.54, 1.807) is 11.3 Å². The summed E-state index contributed by atoms with van der Waals surface area (Å²) < 4.78 is 2.26. The van der Waals surface area contributed by atoms with Crippen molar-refractivity contribution in [2.45, 2.75) is 32.9 Å². The van der Waals surface area contributed by atoms with Crippen LogP contribution in [0.1, 0.15) is 23.2 Å². The molecule has 1 atom stereocenters. The van der Waals surface area contributed by atoms with Crippen LogP contribution >= 0.6 is 11.3 Å². The number of aryl methyl sites for hydroxylation is 1. The fraction of sp³-hybridized carbons (Fsp3) is 0.312. The summed E-state index contributed by atoms with van der Waals surface area (Å²) in [5, 5.41) is 4.52. The molecule has 0 aliphatic carbocycles. The molecule has 0 radical (unpaired) electrons. The summed E-state index contributed by atoms with van der Waals surface area (Å²) in [6.45, 7) is 4.92. The molecule has 104 valence electrons. The van der Waals surface area contributed by atoms with Gasteiger partial charge in [0.25, 0.3) is 0 Å². The third kappa shape index (κ3) is 2.76. The fourth-order valence-electron chi connectivity index (χ4n) is 2.52. The van der Waals surface area contributed by atoms with E-state index in [4.69, 9.17) is 5.73 Å². The van der Waals surface area contributed by atoms with Crippen molar-refractivity contribution in [2.24, 2.45) is 5.73 Å². The molecule has 0 bridgehead atoms. The van der Waals surface area contributed by atoms with Crippen LogP contribution in [-0.4, -0.2) is 15.6 Å². The Morgan fingerprint density at radius 1 is 1.35 bits per heavy atom. The van der Waals surface area contributed by atoms with Gasteiger partial charge in [0.05, 0.1) is 17.2 Å². The largest absolute Gasteiger partial charge is 0.341 e. The summed E-state index contributed by atoms with van der Waals surface area (Å²) in [6, 6.07) is 8.94. The van der Waals surface area contributed by atoms with Crippen molar-refractivity contribution in [1.82, 2.24) is 9.55 Å². The van der Waals surface area contributed by atoms with Crippen LogP contribution in [0, 0.1) is 6.92 Å². The Morgan fingerprint density at radius 2 is 2.20 bits per heavy atom. The van der Waals surface area contributed by atoms with Gasteiger partial charge in [-0.1, -0.05) is 12.1 Å². The third-order valence-corrected chi connectivity index (χ3v) is 4.22. The topological polar surface area (TPSA) is 43.8 Å². The number of nitrogens with two attached hydrogens (primary N) is 1. The number of aromatic nitrogens is 2. The van der Waals surface area contributed by atoms with Crippen molar-refractivity contribution in [3.8, 4) is 0 Å². The van der Waals surface area contributed by atoms with E-state index in [1.165, 1.54) is 16.5 Å². The Hall–Kier alpha value is -1.65. The number of hydrogen-bond acceptors (Lipinski definition) is 3. The molecule has 3 rings (SSSR count). The zero-order valence-electron chi connectivity index (χ0n) is 11.8. The molecule has 0 amide bonds. The highest BCUT2D eigenvalue weighted by atomic mass is 32.1. The zero-order valence-corrected chi connectivity index (χ0v) is 12.7. The highest BCUT2D eigenvalue weighted by molar-refractivity contribution is 7.09. The van der Waals surface area contributed by atoms with Crippen molar-refractivity contribution in [3.05, 3.63) is 52.1 Å². The van der Waals surface area contributed by atoms with E-state index in [2.05, 4.69) is 45.4 Å². The van der Waals surface area contributed by atoms with Gasteiger partial charge < -0.3 is 10.3 Å². The van der Waals surface area contributed by atoms with Crippen LogP contribution in [0.3, 0.4) is 0 Å². The van der Waals surface area contributed by atoms with Gasteiger partial charge in [0.15, 0.2) is 0 Å². The summed E-state index contributed by atoms with van der Waals surface area (Å²) in [7, 11) is 0. The zero-order chi connectivity index (χ0) is 14.1. The van der Waals surface area contributed by atoms with E-state index < -0.39 is 0 Å². The van der Waals surface area contributed by atoms with E-state index in [0.717, 1.165) is 23.7 Å². The lowest BCUT2D eigenvalue weighted by Crippen LogP contribution is -2.17. The molecule has 0 saturated carbocycles. The average molecular weight is 285 g/mol. The predicted molar refractivity (Wildman–Crippen MR) is 85.2 cm³/mol. The van der Waals surface area contributed by atoms with Crippen molar-refractivity contribution < 1.29 is 0 Å². The second-order valence-corrected chi connectivity index (χ2v) is 6.44. The molecular weight excluding hydrogens is 266 g/mol. The van der Waals surface area contributed by atoms with Gasteiger partial charge >= 0.3 is 0 Å². The van der Waals surface area contributed by atoms with E-state index >= 15 is 0 Å². The van der Waals surface area contributed by atoms with Crippen LogP contribution in [0.15, 0.2) is 35.8 Å². The van der Waals surface area contributed by atoms with E-state index in [0.29, 0.717) is 0 Å². The average Bonchev–Trinajstić information content (AvgIpc) is 2.97. The first-order chi connectivity index (χ1) is 9.61. The summed E-state index contributed by atoms with van der Waals surface area (Å²) >= 11 is 1.70. The van der Waals surface area contributed by atoms with Crippen LogP contribution in [0.25, 0.3) is 10.9 Å². The van der Waals surface area contributed by atoms with Crippen LogP contribution < -0.4 is 5.73 Å². The van der Waals surface area contributed by atoms with E-state index in [9.17, 15) is 0 Å². The van der Waals surface area contributed by atoms with Crippen molar-refractivity contribution in [2.75, 3.05) is 0 Å². The summed E-state index contributed by atoms with van der Waals surface area (Å²) in [5.41, 5.74) is 9.57. The maximum Gasteiger partial charge on any atom is 0.0898 e. The highest BCUT2D eigenvalue weighted by Gasteiger charge is 2.06. The minimum atomic E-state index is 0.192. The molecule has 0 aliphatic rings. The quantitative estimate of drug-likeness (QED) is 0.799. The smallest absolute Gasteiger partial charge is 0.0898 e. The van der Waals surface area contributed by atoms with Crippen LogP contribution in [0.2, 0.25) is 0 Å². The normalized spacial score (nSPS) is 12.9. The van der Waals surface area contributed by atoms with Gasteiger partial charge in [-0.2, -0.15) is 0 Å². The van der Waals surface area contributed by atoms with Gasteiger partial charge in [0, 0.05) is 23.1 Å². The molecular formula is C16H19N3S. The van der Waals surface area contributed by atoms with Gasteiger partial charge in [-0.15, -0.1) is 11.3 Å². The van der Waals surface area contributed by atoms with Gasteiger partial charge in [-0.3, -0.25) is 0 Å². The highest BCUT2D eigenvalue weighted by Crippen LogP contribution is 2.20. The number of thiazole rings is 1. The molecule has 0 aliphatic heterocycles. The predicted octanol–water partition coefficient (Wildman–Crippen LogP) is 3.34. The number of hydrogen-bond donors (Lipinski definition) is 1. The molecule has 0 spiro atoms. The molecule has 4 heteroatoms. The summed E-state index contributed by atoms with van der Waals surface area (Å²) in [5.74, 6) is 0. The first-order valence-corrected chi connectivity index (χ1v) is 7.74. The first-order valence-electron chi connectivity index (χ1n) is 6.86. The second kappa shape index (κ2) is 5.38. The molecule has 2 aromatic heterocycles. The van der Waals surface area contributed by atoms with Gasteiger partial charge in [0.1, 0.15) is 0 Å². The van der Waals surface area contributed by atoms with Gasteiger partial charge in [-0.25, -0.2) is 4.98 Å². The Morgan fingerprint density at radius 3 is 2.90 bits per heavy atom. The second-order valence-electron chi connectivity index (χ2n) is 5.38. The standard InChI is InChI=1S/C16H19N3S/c1-11(17)7-13-3-4-14-5-6-19(16(14)8-13)9-15-10-20-12(2)18-15/h3-6,8,10-11H,7,9,17H2,1-2H3. The Bertz CT molecular complexity index is 724. The molecule has 20 heavy (non-hydrogen) atoms. The first kappa shape index (κ1) is 13.3. The van der Waals surface area contributed by atoms with Gasteiger partial charge in [-0.05, 0) is 43.4 Å². The van der Waals surface area contributed by atoms with Crippen LogP contribution in [0.5, 0.6) is 0 Å². The van der Waals surface area contributed by atoms with Gasteiger partial charge in [0.2, 0.25) is 0 Å². The molecule has 2 heterocycles. The molecule has 1 aromatic carbocycles. The minimum Gasteiger partial charge on any atom is -0.341 e. The number of fused-ring (bicyclic) bond motifs is 1. The molecule has 3 aromatic rings. The van der Waals surface area contributed by atoms with E-state index in [1.807, 2.05) is 13.8 Å². The lowest BCUT2D eigenvalue weighted by molar-refractivity contribution is 0.737. The van der Waals surface area contributed by atoms with Crippen LogP contribution in [0.4, 0.5) is 0 Å². The summed E-state index contributed by atoms with van der Waals surface area (Å²) in [6.07, 6.45) is 3.05. The Kier molecular flexibility index (Phi) is 3.59. The van der Waals surface area contributed by atoms with Crippen molar-refractivity contribution in [1.29, 1.82) is 0 Å².